The molecule has 2 rings (SSSR count). The third-order valence-electron chi connectivity index (χ3n) is 2.59. The smallest absolute Gasteiger partial charge is 0.257 e. The Kier molecular flexibility index (Phi) is 4.21. The summed E-state index contributed by atoms with van der Waals surface area (Å²) in [7, 11) is 0. The van der Waals surface area contributed by atoms with E-state index < -0.39 is 0 Å². The number of anilines is 2. The van der Waals surface area contributed by atoms with E-state index in [-0.39, 0.29) is 5.91 Å². The fourth-order valence-electron chi connectivity index (χ4n) is 1.46. The second kappa shape index (κ2) is 5.71. The van der Waals surface area contributed by atoms with Gasteiger partial charge in [-0.2, -0.15) is 0 Å². The third-order valence-corrected chi connectivity index (χ3v) is 4.09. The number of rotatable bonds is 3. The summed E-state index contributed by atoms with van der Waals surface area (Å²) in [6.45, 7) is 4.13. The number of nitrogens with two attached hydrogens (primary N) is 1. The molecular weight excluding hydrogens is 326 g/mol. The summed E-state index contributed by atoms with van der Waals surface area (Å²) in [5.41, 5.74) is 7.79. The molecule has 6 heteroatoms. The van der Waals surface area contributed by atoms with Crippen LogP contribution in [0.15, 0.2) is 28.1 Å². The molecule has 4 nitrogen and oxygen atoms in total. The van der Waals surface area contributed by atoms with Gasteiger partial charge in [-0.1, -0.05) is 13.8 Å². The van der Waals surface area contributed by atoms with E-state index in [9.17, 15) is 4.79 Å². The van der Waals surface area contributed by atoms with E-state index in [1.807, 2.05) is 5.38 Å². The standard InChI is InChI=1S/C13H14BrN3OS/c1-7(2)11-6-19-13(16-11)17-12(18)8-3-4-9(14)10(15)5-8/h3-7H,15H2,1-2H3,(H,16,17,18). The van der Waals surface area contributed by atoms with Crippen molar-refractivity contribution < 1.29 is 4.79 Å². The van der Waals surface area contributed by atoms with Gasteiger partial charge in [0.2, 0.25) is 0 Å². The maximum absolute atomic E-state index is 12.0. The first-order valence-electron chi connectivity index (χ1n) is 5.79. The number of carbonyl (C=O) groups is 1. The van der Waals surface area contributed by atoms with Crippen molar-refractivity contribution in [2.45, 2.75) is 19.8 Å². The second-order valence-electron chi connectivity index (χ2n) is 4.42. The van der Waals surface area contributed by atoms with E-state index in [1.54, 1.807) is 18.2 Å². The monoisotopic (exact) mass is 339 g/mol. The van der Waals surface area contributed by atoms with E-state index in [2.05, 4.69) is 40.1 Å². The molecule has 3 N–H and O–H groups in total. The van der Waals surface area contributed by atoms with E-state index in [4.69, 9.17) is 5.73 Å². The van der Waals surface area contributed by atoms with Crippen molar-refractivity contribution in [1.29, 1.82) is 0 Å². The fraction of sp³-hybridized carbons (Fsp3) is 0.231. The first-order valence-corrected chi connectivity index (χ1v) is 7.46. The first kappa shape index (κ1) is 14.0. The molecule has 19 heavy (non-hydrogen) atoms. The molecule has 0 unspecified atom stereocenters. The number of nitrogens with zero attached hydrogens (tertiary/aromatic N) is 1. The molecule has 0 spiro atoms. The van der Waals surface area contributed by atoms with Crippen molar-refractivity contribution in [3.63, 3.8) is 0 Å². The predicted octanol–water partition coefficient (Wildman–Crippen LogP) is 3.86. The van der Waals surface area contributed by atoms with Gasteiger partial charge in [0.1, 0.15) is 0 Å². The highest BCUT2D eigenvalue weighted by molar-refractivity contribution is 9.10. The molecule has 1 aromatic heterocycles. The Morgan fingerprint density at radius 2 is 2.21 bits per heavy atom. The minimum absolute atomic E-state index is 0.205. The molecule has 1 aromatic carbocycles. The number of nitrogen functional groups attached to an aromatic ring is 1. The highest BCUT2D eigenvalue weighted by Crippen LogP contribution is 2.23. The molecular formula is C13H14BrN3OS. The quantitative estimate of drug-likeness (QED) is 0.834. The van der Waals surface area contributed by atoms with Crippen LogP contribution in [-0.4, -0.2) is 10.9 Å². The van der Waals surface area contributed by atoms with Crippen molar-refractivity contribution in [1.82, 2.24) is 4.98 Å². The van der Waals surface area contributed by atoms with Crippen LogP contribution in [0.25, 0.3) is 0 Å². The number of aromatic nitrogens is 1. The van der Waals surface area contributed by atoms with Crippen LogP contribution in [0.3, 0.4) is 0 Å². The molecule has 1 amide bonds. The first-order chi connectivity index (χ1) is 8.97. The molecule has 0 saturated carbocycles. The average Bonchev–Trinajstić information content (AvgIpc) is 2.81. The summed E-state index contributed by atoms with van der Waals surface area (Å²) in [6.07, 6.45) is 0. The van der Waals surface area contributed by atoms with Crippen LogP contribution >= 0.6 is 27.3 Å². The highest BCUT2D eigenvalue weighted by Gasteiger charge is 2.11. The van der Waals surface area contributed by atoms with Gasteiger partial charge in [-0.3, -0.25) is 10.1 Å². The number of benzene rings is 1. The van der Waals surface area contributed by atoms with Gasteiger partial charge in [-0.25, -0.2) is 4.98 Å². The Labute approximate surface area is 124 Å². The van der Waals surface area contributed by atoms with Gasteiger partial charge in [-0.15, -0.1) is 11.3 Å². The molecule has 0 bridgehead atoms. The van der Waals surface area contributed by atoms with Gasteiger partial charge in [0.15, 0.2) is 5.13 Å². The predicted molar refractivity (Wildman–Crippen MR) is 82.7 cm³/mol. The largest absolute Gasteiger partial charge is 0.398 e. The SMILES string of the molecule is CC(C)c1csc(NC(=O)c2ccc(Br)c(N)c2)n1. The van der Waals surface area contributed by atoms with E-state index in [0.717, 1.165) is 10.2 Å². The van der Waals surface area contributed by atoms with Crippen molar-refractivity contribution in [3.05, 3.63) is 39.3 Å². The van der Waals surface area contributed by atoms with E-state index in [1.165, 1.54) is 11.3 Å². The minimum atomic E-state index is -0.205. The number of halogens is 1. The molecule has 2 aromatic rings. The van der Waals surface area contributed by atoms with Crippen molar-refractivity contribution >= 4 is 44.0 Å². The summed E-state index contributed by atoms with van der Waals surface area (Å²) in [4.78, 5) is 16.4. The van der Waals surface area contributed by atoms with Gasteiger partial charge in [-0.05, 0) is 40.0 Å². The zero-order chi connectivity index (χ0) is 14.0. The second-order valence-corrected chi connectivity index (χ2v) is 6.14. The maximum Gasteiger partial charge on any atom is 0.257 e. The number of thiazole rings is 1. The van der Waals surface area contributed by atoms with Gasteiger partial charge in [0.25, 0.3) is 5.91 Å². The Morgan fingerprint density at radius 3 is 2.79 bits per heavy atom. The molecule has 0 aliphatic carbocycles. The Morgan fingerprint density at radius 1 is 1.47 bits per heavy atom. The minimum Gasteiger partial charge on any atom is -0.398 e. The number of hydrogen-bond donors (Lipinski definition) is 2. The third kappa shape index (κ3) is 3.33. The lowest BCUT2D eigenvalue weighted by atomic mass is 10.2. The van der Waals surface area contributed by atoms with Gasteiger partial charge < -0.3 is 5.73 Å². The average molecular weight is 340 g/mol. The molecule has 0 saturated heterocycles. The van der Waals surface area contributed by atoms with Crippen LogP contribution in [0.5, 0.6) is 0 Å². The summed E-state index contributed by atoms with van der Waals surface area (Å²) >= 11 is 4.72. The Hall–Kier alpha value is -1.40. The van der Waals surface area contributed by atoms with Crippen molar-refractivity contribution in [2.75, 3.05) is 11.1 Å². The van der Waals surface area contributed by atoms with Crippen molar-refractivity contribution in [3.8, 4) is 0 Å². The van der Waals surface area contributed by atoms with Gasteiger partial charge >= 0.3 is 0 Å². The zero-order valence-electron chi connectivity index (χ0n) is 10.6. The van der Waals surface area contributed by atoms with Crippen molar-refractivity contribution in [2.24, 2.45) is 0 Å². The van der Waals surface area contributed by atoms with Crippen LogP contribution < -0.4 is 11.1 Å². The molecule has 0 fully saturated rings. The molecule has 1 heterocycles. The summed E-state index contributed by atoms with van der Waals surface area (Å²) in [5, 5.41) is 5.34. The van der Waals surface area contributed by atoms with Crippen LogP contribution in [0.2, 0.25) is 0 Å². The van der Waals surface area contributed by atoms with E-state index in [0.29, 0.717) is 22.3 Å². The fourth-order valence-corrected chi connectivity index (χ4v) is 2.58. The summed E-state index contributed by atoms with van der Waals surface area (Å²) in [5.74, 6) is 0.147. The Balaban J connectivity index is 2.13. The normalized spacial score (nSPS) is 10.7. The Bertz CT molecular complexity index is 610. The van der Waals surface area contributed by atoms with Gasteiger partial charge in [0.05, 0.1) is 5.69 Å². The van der Waals surface area contributed by atoms with Crippen LogP contribution in [0.1, 0.15) is 35.8 Å². The maximum atomic E-state index is 12.0. The number of amides is 1. The number of nitrogens with one attached hydrogen (secondary N) is 1. The van der Waals surface area contributed by atoms with Crippen LogP contribution in [0, 0.1) is 0 Å². The molecule has 0 aliphatic rings. The molecule has 0 aliphatic heterocycles. The topological polar surface area (TPSA) is 68.0 Å². The lowest BCUT2D eigenvalue weighted by molar-refractivity contribution is 0.102. The summed E-state index contributed by atoms with van der Waals surface area (Å²) in [6, 6.07) is 5.11. The highest BCUT2D eigenvalue weighted by atomic mass is 79.9. The van der Waals surface area contributed by atoms with E-state index >= 15 is 0 Å². The lowest BCUT2D eigenvalue weighted by Gasteiger charge is -2.04. The van der Waals surface area contributed by atoms with Gasteiger partial charge in [0, 0.05) is 21.1 Å². The van der Waals surface area contributed by atoms with Crippen LogP contribution in [0.4, 0.5) is 10.8 Å². The molecule has 0 atom stereocenters. The molecule has 0 radical (unpaired) electrons. The molecule has 100 valence electrons. The number of carbonyl (C=O) groups excluding carboxylic acids is 1. The number of hydrogen-bond acceptors (Lipinski definition) is 4. The van der Waals surface area contributed by atoms with Crippen LogP contribution in [-0.2, 0) is 0 Å². The zero-order valence-corrected chi connectivity index (χ0v) is 13.0. The lowest BCUT2D eigenvalue weighted by Crippen LogP contribution is -2.12. The summed E-state index contributed by atoms with van der Waals surface area (Å²) < 4.78 is 0.778.